The first-order valence-electron chi connectivity index (χ1n) is 5.19. The average Bonchev–Trinajstić information content (AvgIpc) is 3.12. The van der Waals surface area contributed by atoms with Gasteiger partial charge in [-0.3, -0.25) is 9.59 Å². The van der Waals surface area contributed by atoms with Gasteiger partial charge in [0.05, 0.1) is 11.8 Å². The second-order valence-electron chi connectivity index (χ2n) is 4.12. The normalized spacial score (nSPS) is 21.1. The smallest absolute Gasteiger partial charge is 0.307 e. The van der Waals surface area contributed by atoms with Crippen LogP contribution >= 0.6 is 0 Å². The van der Waals surface area contributed by atoms with Gasteiger partial charge in [-0.2, -0.15) is 0 Å². The monoisotopic (exact) mass is 277 g/mol. The quantitative estimate of drug-likeness (QED) is 0.655. The molecule has 1 amide bonds. The molecular formula is C11H7F4NO3. The van der Waals surface area contributed by atoms with Gasteiger partial charge in [0, 0.05) is 6.07 Å². The summed E-state index contributed by atoms with van der Waals surface area (Å²) in [7, 11) is 0. The minimum atomic E-state index is -1.74. The number of hydrogen-bond acceptors (Lipinski definition) is 2. The molecule has 1 aromatic carbocycles. The molecule has 1 aliphatic rings. The maximum atomic E-state index is 13.2. The first-order valence-corrected chi connectivity index (χ1v) is 5.19. The Bertz CT molecular complexity index is 549. The van der Waals surface area contributed by atoms with E-state index in [1.165, 1.54) is 0 Å². The summed E-state index contributed by atoms with van der Waals surface area (Å²) in [5, 5.41) is 10.3. The van der Waals surface area contributed by atoms with Crippen LogP contribution in [-0.4, -0.2) is 17.0 Å². The van der Waals surface area contributed by atoms with Crippen LogP contribution in [0.25, 0.3) is 0 Å². The van der Waals surface area contributed by atoms with Crippen molar-refractivity contribution in [1.29, 1.82) is 0 Å². The Hall–Kier alpha value is -2.12. The maximum absolute atomic E-state index is 13.2. The Kier molecular flexibility index (Phi) is 3.17. The average molecular weight is 277 g/mol. The number of amides is 1. The second-order valence-corrected chi connectivity index (χ2v) is 4.12. The van der Waals surface area contributed by atoms with E-state index in [0.29, 0.717) is 0 Å². The number of halogens is 4. The van der Waals surface area contributed by atoms with Crippen LogP contribution in [0.4, 0.5) is 23.2 Å². The summed E-state index contributed by atoms with van der Waals surface area (Å²) in [5.74, 6) is -10.9. The third-order valence-corrected chi connectivity index (χ3v) is 2.80. The van der Waals surface area contributed by atoms with Gasteiger partial charge in [-0.15, -0.1) is 0 Å². The minimum Gasteiger partial charge on any atom is -0.481 e. The van der Waals surface area contributed by atoms with Crippen LogP contribution in [0.15, 0.2) is 6.07 Å². The van der Waals surface area contributed by atoms with Crippen LogP contribution in [0.1, 0.15) is 6.42 Å². The number of anilines is 1. The molecular weight excluding hydrogens is 270 g/mol. The van der Waals surface area contributed by atoms with E-state index >= 15 is 0 Å². The molecule has 19 heavy (non-hydrogen) atoms. The zero-order valence-corrected chi connectivity index (χ0v) is 9.21. The second kappa shape index (κ2) is 4.52. The standard InChI is InChI=1S/C11H7F4NO3/c12-5-2-6(13)8(15)9(7(5)14)16-10(17)3-1-4(3)11(18)19/h2-4H,1H2,(H,16,17)(H,18,19). The number of carbonyl (C=O) groups is 2. The molecule has 8 heteroatoms. The lowest BCUT2D eigenvalue weighted by atomic mass is 10.2. The third kappa shape index (κ3) is 2.38. The molecule has 1 saturated carbocycles. The van der Waals surface area contributed by atoms with Gasteiger partial charge in [0.15, 0.2) is 23.3 Å². The Morgan fingerprint density at radius 3 is 2.05 bits per heavy atom. The van der Waals surface area contributed by atoms with E-state index in [1.807, 2.05) is 0 Å². The molecule has 1 aromatic rings. The number of aliphatic carboxylic acids is 1. The Morgan fingerprint density at radius 1 is 1.11 bits per heavy atom. The van der Waals surface area contributed by atoms with Crippen LogP contribution in [0.2, 0.25) is 0 Å². The summed E-state index contributed by atoms with van der Waals surface area (Å²) in [6, 6.07) is 0.0114. The molecule has 1 fully saturated rings. The van der Waals surface area contributed by atoms with Gasteiger partial charge in [-0.05, 0) is 6.42 Å². The van der Waals surface area contributed by atoms with Crippen molar-refractivity contribution in [3.63, 3.8) is 0 Å². The highest BCUT2D eigenvalue weighted by Crippen LogP contribution is 2.40. The number of carbonyl (C=O) groups excluding carboxylic acids is 1. The number of rotatable bonds is 3. The van der Waals surface area contributed by atoms with Gasteiger partial charge >= 0.3 is 5.97 Å². The van der Waals surface area contributed by atoms with Crippen LogP contribution in [0.3, 0.4) is 0 Å². The highest BCUT2D eigenvalue weighted by molar-refractivity contribution is 5.98. The van der Waals surface area contributed by atoms with Crippen molar-refractivity contribution >= 4 is 17.6 Å². The van der Waals surface area contributed by atoms with Gasteiger partial charge in [-0.25, -0.2) is 17.6 Å². The van der Waals surface area contributed by atoms with Crippen molar-refractivity contribution in [2.24, 2.45) is 11.8 Å². The van der Waals surface area contributed by atoms with E-state index in [1.54, 1.807) is 5.32 Å². The van der Waals surface area contributed by atoms with E-state index in [-0.39, 0.29) is 12.5 Å². The summed E-state index contributed by atoms with van der Waals surface area (Å²) >= 11 is 0. The minimum absolute atomic E-state index is 0.0114. The number of hydrogen-bond donors (Lipinski definition) is 2. The molecule has 0 spiro atoms. The van der Waals surface area contributed by atoms with E-state index in [2.05, 4.69) is 0 Å². The lowest BCUT2D eigenvalue weighted by Crippen LogP contribution is -2.19. The van der Waals surface area contributed by atoms with Crippen LogP contribution < -0.4 is 5.32 Å². The van der Waals surface area contributed by atoms with E-state index < -0.39 is 52.7 Å². The predicted octanol–water partition coefficient (Wildman–Crippen LogP) is 1.90. The SMILES string of the molecule is O=C(O)C1CC1C(=O)Nc1c(F)c(F)cc(F)c1F. The number of nitrogens with one attached hydrogen (secondary N) is 1. The first kappa shape index (κ1) is 13.3. The van der Waals surface area contributed by atoms with E-state index in [4.69, 9.17) is 5.11 Å². The lowest BCUT2D eigenvalue weighted by Gasteiger charge is -2.08. The number of carboxylic acid groups (broad SMARTS) is 1. The van der Waals surface area contributed by atoms with Gasteiger partial charge < -0.3 is 10.4 Å². The molecule has 102 valence electrons. The molecule has 0 aliphatic heterocycles. The van der Waals surface area contributed by atoms with Crippen molar-refractivity contribution < 1.29 is 32.3 Å². The number of benzene rings is 1. The van der Waals surface area contributed by atoms with Crippen molar-refractivity contribution in [1.82, 2.24) is 0 Å². The Balaban J connectivity index is 2.21. The fourth-order valence-electron chi connectivity index (χ4n) is 1.66. The van der Waals surface area contributed by atoms with Gasteiger partial charge in [-0.1, -0.05) is 0 Å². The molecule has 0 heterocycles. The zero-order chi connectivity index (χ0) is 14.3. The molecule has 0 saturated heterocycles. The summed E-state index contributed by atoms with van der Waals surface area (Å²) in [6.07, 6.45) is 0.0161. The maximum Gasteiger partial charge on any atom is 0.307 e. The Labute approximate surface area is 104 Å². The molecule has 2 N–H and O–H groups in total. The zero-order valence-electron chi connectivity index (χ0n) is 9.21. The molecule has 2 atom stereocenters. The van der Waals surface area contributed by atoms with Gasteiger partial charge in [0.25, 0.3) is 0 Å². The van der Waals surface area contributed by atoms with Crippen molar-refractivity contribution in [3.8, 4) is 0 Å². The van der Waals surface area contributed by atoms with Gasteiger partial charge in [0.2, 0.25) is 5.91 Å². The molecule has 2 unspecified atom stereocenters. The summed E-state index contributed by atoms with van der Waals surface area (Å²) < 4.78 is 52.2. The first-order chi connectivity index (χ1) is 8.82. The van der Waals surface area contributed by atoms with Crippen LogP contribution in [-0.2, 0) is 9.59 Å². The van der Waals surface area contributed by atoms with Crippen molar-refractivity contribution in [2.45, 2.75) is 6.42 Å². The molecule has 0 bridgehead atoms. The Morgan fingerprint density at radius 2 is 1.63 bits per heavy atom. The van der Waals surface area contributed by atoms with Crippen LogP contribution in [0, 0.1) is 35.1 Å². The highest BCUT2D eigenvalue weighted by Gasteiger charge is 2.48. The third-order valence-electron chi connectivity index (χ3n) is 2.80. The van der Waals surface area contributed by atoms with Crippen molar-refractivity contribution in [3.05, 3.63) is 29.3 Å². The molecule has 0 aromatic heterocycles. The summed E-state index contributed by atoms with van der Waals surface area (Å²) in [6.45, 7) is 0. The lowest BCUT2D eigenvalue weighted by molar-refractivity contribution is -0.139. The largest absolute Gasteiger partial charge is 0.481 e. The molecule has 2 rings (SSSR count). The highest BCUT2D eigenvalue weighted by atomic mass is 19.2. The summed E-state index contributed by atoms with van der Waals surface area (Å²) in [5.41, 5.74) is -1.25. The van der Waals surface area contributed by atoms with Gasteiger partial charge in [0.1, 0.15) is 5.69 Å². The fourth-order valence-corrected chi connectivity index (χ4v) is 1.66. The predicted molar refractivity (Wildman–Crippen MR) is 54.1 cm³/mol. The topological polar surface area (TPSA) is 66.4 Å². The van der Waals surface area contributed by atoms with Crippen LogP contribution in [0.5, 0.6) is 0 Å². The van der Waals surface area contributed by atoms with E-state index in [0.717, 1.165) is 0 Å². The fraction of sp³-hybridized carbons (Fsp3) is 0.273. The molecule has 1 aliphatic carbocycles. The number of carboxylic acids is 1. The van der Waals surface area contributed by atoms with Crippen molar-refractivity contribution in [2.75, 3.05) is 5.32 Å². The molecule has 0 radical (unpaired) electrons. The molecule has 4 nitrogen and oxygen atoms in total. The van der Waals surface area contributed by atoms with E-state index in [9.17, 15) is 27.2 Å². The summed E-state index contributed by atoms with van der Waals surface area (Å²) in [4.78, 5) is 22.0.